The minimum absolute atomic E-state index is 0.0287. The maximum absolute atomic E-state index is 9.86. The van der Waals surface area contributed by atoms with Crippen LogP contribution in [0.3, 0.4) is 0 Å². The fraction of sp³-hybridized carbons (Fsp3) is 0.480. The van der Waals surface area contributed by atoms with E-state index in [2.05, 4.69) is 64.6 Å². The number of ether oxygens (including phenoxy) is 1. The van der Waals surface area contributed by atoms with Crippen molar-refractivity contribution in [3.63, 3.8) is 0 Å². The predicted molar refractivity (Wildman–Crippen MR) is 119 cm³/mol. The summed E-state index contributed by atoms with van der Waals surface area (Å²) in [5.74, 6) is 0.256. The molecule has 0 fully saturated rings. The molecule has 3 rings (SSSR count). The Morgan fingerprint density at radius 1 is 1.25 bits per heavy atom. The molecule has 0 saturated carbocycles. The van der Waals surface area contributed by atoms with E-state index in [0.717, 1.165) is 5.71 Å². The molecule has 3 nitrogen and oxygen atoms in total. The van der Waals surface area contributed by atoms with Gasteiger partial charge in [-0.1, -0.05) is 51.1 Å². The van der Waals surface area contributed by atoms with Crippen LogP contribution in [0.5, 0.6) is 0 Å². The summed E-state index contributed by atoms with van der Waals surface area (Å²) >= 11 is 0. The van der Waals surface area contributed by atoms with E-state index in [1.807, 2.05) is 6.08 Å². The van der Waals surface area contributed by atoms with E-state index < -0.39 is 0 Å². The summed E-state index contributed by atoms with van der Waals surface area (Å²) in [5.41, 5.74) is 4.98. The van der Waals surface area contributed by atoms with Crippen molar-refractivity contribution in [3.8, 4) is 0 Å². The van der Waals surface area contributed by atoms with Crippen molar-refractivity contribution >= 4 is 16.5 Å². The molecule has 1 aliphatic heterocycles. The van der Waals surface area contributed by atoms with E-state index in [-0.39, 0.29) is 29.9 Å². The zero-order valence-electron chi connectivity index (χ0n) is 17.8. The number of aliphatic hydroxyl groups excluding tert-OH is 1. The van der Waals surface area contributed by atoms with Crippen LogP contribution in [0.25, 0.3) is 10.8 Å². The lowest BCUT2D eigenvalue weighted by atomic mass is 9.72. The average Bonchev–Trinajstić information content (AvgIpc) is 2.66. The summed E-state index contributed by atoms with van der Waals surface area (Å²) in [4.78, 5) is 5.10. The monoisotopic (exact) mass is 379 g/mol. The van der Waals surface area contributed by atoms with Crippen LogP contribution < -0.4 is 0 Å². The standard InChI is InChI=1S/C25H33NO2/c1-7-17(15-28-6)24-20(12-13-27)23-19-11-9-8-10-18(19)22(25(3,4)5)14-21(23)16(2)26-24/h7-11,14,17,20,24,27H,1,12-13,15H2,2-6H3. The van der Waals surface area contributed by atoms with Gasteiger partial charge in [0.2, 0.25) is 0 Å². The number of benzene rings is 2. The van der Waals surface area contributed by atoms with Gasteiger partial charge in [-0.2, -0.15) is 0 Å². The fourth-order valence-corrected chi connectivity index (χ4v) is 4.62. The van der Waals surface area contributed by atoms with Gasteiger partial charge in [-0.05, 0) is 52.3 Å². The molecule has 150 valence electrons. The lowest BCUT2D eigenvalue weighted by molar-refractivity contribution is 0.149. The number of hydrogen-bond donors (Lipinski definition) is 1. The smallest absolute Gasteiger partial charge is 0.0657 e. The van der Waals surface area contributed by atoms with Crippen LogP contribution in [-0.2, 0) is 10.2 Å². The second-order valence-corrected chi connectivity index (χ2v) is 8.86. The molecule has 0 aliphatic carbocycles. The minimum atomic E-state index is 0.0287. The molecule has 0 amide bonds. The third-order valence-electron chi connectivity index (χ3n) is 5.95. The molecule has 0 aromatic heterocycles. The van der Waals surface area contributed by atoms with Crippen LogP contribution in [0.1, 0.15) is 56.7 Å². The maximum Gasteiger partial charge on any atom is 0.0657 e. The summed E-state index contributed by atoms with van der Waals surface area (Å²) in [6, 6.07) is 11.0. The van der Waals surface area contributed by atoms with Gasteiger partial charge in [0.05, 0.1) is 12.6 Å². The summed E-state index contributed by atoms with van der Waals surface area (Å²) < 4.78 is 5.45. The summed E-state index contributed by atoms with van der Waals surface area (Å²) in [6.45, 7) is 13.6. The Balaban J connectivity index is 2.31. The van der Waals surface area contributed by atoms with Crippen LogP contribution in [0.2, 0.25) is 0 Å². The summed E-state index contributed by atoms with van der Waals surface area (Å²) in [7, 11) is 1.72. The van der Waals surface area contributed by atoms with Gasteiger partial charge in [0, 0.05) is 31.3 Å². The molecule has 3 unspecified atom stereocenters. The number of rotatable bonds is 6. The van der Waals surface area contributed by atoms with E-state index in [4.69, 9.17) is 9.73 Å². The molecular weight excluding hydrogens is 346 g/mol. The van der Waals surface area contributed by atoms with Crippen molar-refractivity contribution in [2.75, 3.05) is 20.3 Å². The predicted octanol–water partition coefficient (Wildman–Crippen LogP) is 5.24. The lowest BCUT2D eigenvalue weighted by Gasteiger charge is -2.37. The molecule has 0 bridgehead atoms. The highest BCUT2D eigenvalue weighted by molar-refractivity contribution is 6.07. The molecule has 2 aromatic carbocycles. The fourth-order valence-electron chi connectivity index (χ4n) is 4.62. The highest BCUT2D eigenvalue weighted by Gasteiger charge is 2.36. The SMILES string of the molecule is C=CC(COC)C1N=C(C)c2cc(C(C)(C)C)c3ccccc3c2C1CCO. The highest BCUT2D eigenvalue weighted by Crippen LogP contribution is 2.43. The Hall–Kier alpha value is -1.97. The largest absolute Gasteiger partial charge is 0.396 e. The van der Waals surface area contributed by atoms with Crippen molar-refractivity contribution in [1.82, 2.24) is 0 Å². The Bertz CT molecular complexity index is 891. The maximum atomic E-state index is 9.86. The molecule has 0 spiro atoms. The van der Waals surface area contributed by atoms with Gasteiger partial charge >= 0.3 is 0 Å². The first-order chi connectivity index (χ1) is 13.3. The van der Waals surface area contributed by atoms with Crippen molar-refractivity contribution in [1.29, 1.82) is 0 Å². The van der Waals surface area contributed by atoms with Gasteiger partial charge in [-0.15, -0.1) is 6.58 Å². The quantitative estimate of drug-likeness (QED) is 0.697. The van der Waals surface area contributed by atoms with E-state index in [1.165, 1.54) is 27.5 Å². The van der Waals surface area contributed by atoms with Crippen molar-refractivity contribution in [2.45, 2.75) is 51.5 Å². The van der Waals surface area contributed by atoms with Gasteiger partial charge in [0.25, 0.3) is 0 Å². The number of hydrogen-bond acceptors (Lipinski definition) is 3. The van der Waals surface area contributed by atoms with Crippen molar-refractivity contribution in [2.24, 2.45) is 10.9 Å². The summed E-state index contributed by atoms with van der Waals surface area (Å²) in [5, 5.41) is 12.4. The third kappa shape index (κ3) is 3.66. The second-order valence-electron chi connectivity index (χ2n) is 8.86. The molecule has 0 radical (unpaired) electrons. The second kappa shape index (κ2) is 8.18. The lowest BCUT2D eigenvalue weighted by Crippen LogP contribution is -2.34. The molecule has 1 aliphatic rings. The van der Waals surface area contributed by atoms with Crippen LogP contribution in [-0.4, -0.2) is 37.2 Å². The number of methoxy groups -OCH3 is 1. The van der Waals surface area contributed by atoms with Gasteiger partial charge in [0.15, 0.2) is 0 Å². The van der Waals surface area contributed by atoms with Gasteiger partial charge in [0.1, 0.15) is 0 Å². The zero-order valence-corrected chi connectivity index (χ0v) is 17.8. The average molecular weight is 380 g/mol. The minimum Gasteiger partial charge on any atom is -0.396 e. The molecule has 28 heavy (non-hydrogen) atoms. The first-order valence-corrected chi connectivity index (χ1v) is 10.2. The third-order valence-corrected chi connectivity index (χ3v) is 5.95. The first kappa shape index (κ1) is 20.8. The summed E-state index contributed by atoms with van der Waals surface area (Å²) in [6.07, 6.45) is 2.63. The van der Waals surface area contributed by atoms with E-state index >= 15 is 0 Å². The number of fused-ring (bicyclic) bond motifs is 3. The molecule has 0 saturated heterocycles. The first-order valence-electron chi connectivity index (χ1n) is 10.2. The van der Waals surface area contributed by atoms with Gasteiger partial charge in [-0.3, -0.25) is 4.99 Å². The molecule has 1 N–H and O–H groups in total. The number of aliphatic hydroxyl groups is 1. The topological polar surface area (TPSA) is 41.8 Å². The van der Waals surface area contributed by atoms with Gasteiger partial charge in [-0.25, -0.2) is 0 Å². The van der Waals surface area contributed by atoms with Crippen LogP contribution in [0, 0.1) is 5.92 Å². The molecule has 3 atom stereocenters. The van der Waals surface area contributed by atoms with E-state index in [9.17, 15) is 5.11 Å². The Morgan fingerprint density at radius 3 is 2.50 bits per heavy atom. The zero-order chi connectivity index (χ0) is 20.5. The highest BCUT2D eigenvalue weighted by atomic mass is 16.5. The Morgan fingerprint density at radius 2 is 1.93 bits per heavy atom. The van der Waals surface area contributed by atoms with Crippen LogP contribution in [0.15, 0.2) is 48.0 Å². The Labute approximate surface area is 169 Å². The Kier molecular flexibility index (Phi) is 6.07. The van der Waals surface area contributed by atoms with Crippen LogP contribution >= 0.6 is 0 Å². The van der Waals surface area contributed by atoms with Gasteiger partial charge < -0.3 is 9.84 Å². The number of aliphatic imine (C=N–C) groups is 1. The molecule has 2 aromatic rings. The van der Waals surface area contributed by atoms with Crippen molar-refractivity contribution < 1.29 is 9.84 Å². The molecule has 3 heteroatoms. The van der Waals surface area contributed by atoms with E-state index in [0.29, 0.717) is 13.0 Å². The molecule has 1 heterocycles. The normalized spacial score (nSPS) is 20.6. The molecular formula is C25H33NO2. The van der Waals surface area contributed by atoms with E-state index in [1.54, 1.807) is 7.11 Å². The number of nitrogens with zero attached hydrogens (tertiary/aromatic N) is 1. The van der Waals surface area contributed by atoms with Crippen LogP contribution in [0.4, 0.5) is 0 Å². The van der Waals surface area contributed by atoms with Crippen molar-refractivity contribution in [3.05, 3.63) is 59.7 Å².